The molecule has 160 valence electrons. The van der Waals surface area contributed by atoms with Crippen molar-refractivity contribution in [1.29, 1.82) is 0 Å². The van der Waals surface area contributed by atoms with Crippen molar-refractivity contribution in [1.82, 2.24) is 19.5 Å². The molecule has 0 aliphatic heterocycles. The third-order valence-corrected chi connectivity index (χ3v) is 5.13. The maximum atomic E-state index is 14.3. The summed E-state index contributed by atoms with van der Waals surface area (Å²) in [4.78, 5) is 13.6. The summed E-state index contributed by atoms with van der Waals surface area (Å²) in [6, 6.07) is 3.41. The molecule has 1 fully saturated rings. The van der Waals surface area contributed by atoms with Crippen LogP contribution in [-0.2, 0) is 0 Å². The Hall–Kier alpha value is -2.81. The average Bonchev–Trinajstić information content (AvgIpc) is 3.01. The molecule has 3 aromatic rings. The number of fused-ring (bicyclic) bond motifs is 1. The van der Waals surface area contributed by atoms with Crippen LogP contribution in [0, 0.1) is 11.6 Å². The van der Waals surface area contributed by atoms with Gasteiger partial charge in [0.1, 0.15) is 17.2 Å². The first kappa shape index (κ1) is 20.5. The number of aliphatic hydroxyl groups excluding tert-OH is 1. The van der Waals surface area contributed by atoms with Gasteiger partial charge in [0, 0.05) is 17.6 Å². The van der Waals surface area contributed by atoms with E-state index in [4.69, 9.17) is 0 Å². The Bertz CT molecular complexity index is 1050. The largest absolute Gasteiger partial charge is 0.393 e. The van der Waals surface area contributed by atoms with E-state index in [0.717, 1.165) is 18.9 Å². The summed E-state index contributed by atoms with van der Waals surface area (Å²) in [7, 11) is 0. The first-order valence-electron chi connectivity index (χ1n) is 10.1. The summed E-state index contributed by atoms with van der Waals surface area (Å²) in [5, 5.41) is 16.2. The summed E-state index contributed by atoms with van der Waals surface area (Å²) in [5.41, 5.74) is 1.12. The molecule has 0 atom stereocenters. The number of hydrogen-bond acceptors (Lipinski definition) is 6. The van der Waals surface area contributed by atoms with Crippen LogP contribution in [0.25, 0.3) is 11.2 Å². The Morgan fingerprint density at radius 2 is 1.83 bits per heavy atom. The zero-order valence-electron chi connectivity index (χ0n) is 17.3. The monoisotopic (exact) mass is 416 g/mol. The molecule has 1 saturated carbocycles. The lowest BCUT2D eigenvalue weighted by Gasteiger charge is -2.28. The van der Waals surface area contributed by atoms with Gasteiger partial charge in [-0.1, -0.05) is 0 Å². The van der Waals surface area contributed by atoms with Crippen molar-refractivity contribution < 1.29 is 13.9 Å². The molecule has 7 nitrogen and oxygen atoms in total. The maximum Gasteiger partial charge on any atom is 0.225 e. The van der Waals surface area contributed by atoms with Crippen LogP contribution in [0.1, 0.15) is 52.5 Å². The second-order valence-electron chi connectivity index (χ2n) is 8.79. The van der Waals surface area contributed by atoms with Crippen LogP contribution in [0.15, 0.2) is 24.4 Å². The van der Waals surface area contributed by atoms with Gasteiger partial charge in [-0.25, -0.2) is 18.7 Å². The standard InChI is InChI=1S/C21H26F2N6O/c1-21(2,3)28-19-24-11-17-18(27-19)29(13-5-7-14(30)8-6-13)20(26-17)25-16-9-4-12(22)10-15(16)23/h4,9-11,13-14,30H,5-8H2,1-3H3,(H,25,26)(H,24,27,28). The zero-order chi connectivity index (χ0) is 21.5. The first-order valence-corrected chi connectivity index (χ1v) is 10.1. The minimum Gasteiger partial charge on any atom is -0.393 e. The van der Waals surface area contributed by atoms with Crippen molar-refractivity contribution in [3.05, 3.63) is 36.0 Å². The minimum absolute atomic E-state index is 0.0433. The Labute approximate surface area is 173 Å². The van der Waals surface area contributed by atoms with Gasteiger partial charge in [0.25, 0.3) is 0 Å². The van der Waals surface area contributed by atoms with Crippen LogP contribution in [0.4, 0.5) is 26.4 Å². The highest BCUT2D eigenvalue weighted by atomic mass is 19.1. The molecular formula is C21H26F2N6O. The minimum atomic E-state index is -0.700. The summed E-state index contributed by atoms with van der Waals surface area (Å²) in [6.07, 6.45) is 4.17. The zero-order valence-corrected chi connectivity index (χ0v) is 17.3. The van der Waals surface area contributed by atoms with Crippen LogP contribution in [0.5, 0.6) is 0 Å². The number of hydrogen-bond donors (Lipinski definition) is 3. The quantitative estimate of drug-likeness (QED) is 0.579. The number of nitrogens with zero attached hydrogens (tertiary/aromatic N) is 4. The van der Waals surface area contributed by atoms with Gasteiger partial charge in [-0.05, 0) is 58.6 Å². The Morgan fingerprint density at radius 3 is 2.50 bits per heavy atom. The molecule has 0 radical (unpaired) electrons. The van der Waals surface area contributed by atoms with E-state index >= 15 is 0 Å². The number of aliphatic hydroxyl groups is 1. The van der Waals surface area contributed by atoms with Crippen LogP contribution >= 0.6 is 0 Å². The fraction of sp³-hybridized carbons (Fsp3) is 0.476. The smallest absolute Gasteiger partial charge is 0.225 e. The van der Waals surface area contributed by atoms with E-state index in [-0.39, 0.29) is 23.4 Å². The number of nitrogens with one attached hydrogen (secondary N) is 2. The predicted octanol–water partition coefficient (Wildman–Crippen LogP) is 4.53. The number of imidazole rings is 1. The van der Waals surface area contributed by atoms with E-state index in [9.17, 15) is 13.9 Å². The molecule has 2 aromatic heterocycles. The van der Waals surface area contributed by atoms with Crippen molar-refractivity contribution in [2.75, 3.05) is 10.6 Å². The highest BCUT2D eigenvalue weighted by molar-refractivity contribution is 5.76. The molecule has 0 unspecified atom stereocenters. The van der Waals surface area contributed by atoms with Crippen molar-refractivity contribution >= 4 is 28.7 Å². The van der Waals surface area contributed by atoms with Crippen LogP contribution in [0.2, 0.25) is 0 Å². The maximum absolute atomic E-state index is 14.3. The number of anilines is 3. The third kappa shape index (κ3) is 4.35. The van der Waals surface area contributed by atoms with E-state index < -0.39 is 11.6 Å². The molecule has 0 spiro atoms. The Kier molecular flexibility index (Phi) is 5.31. The lowest BCUT2D eigenvalue weighted by Crippen LogP contribution is -2.27. The Balaban J connectivity index is 1.78. The van der Waals surface area contributed by atoms with Crippen molar-refractivity contribution in [2.24, 2.45) is 0 Å². The predicted molar refractivity (Wildman–Crippen MR) is 112 cm³/mol. The van der Waals surface area contributed by atoms with E-state index in [1.807, 2.05) is 25.3 Å². The molecule has 1 aromatic carbocycles. The lowest BCUT2D eigenvalue weighted by atomic mass is 9.93. The molecule has 0 saturated heterocycles. The van der Waals surface area contributed by atoms with Crippen LogP contribution in [-0.4, -0.2) is 36.3 Å². The fourth-order valence-corrected chi connectivity index (χ4v) is 3.75. The third-order valence-electron chi connectivity index (χ3n) is 5.13. The summed E-state index contributed by atoms with van der Waals surface area (Å²) in [6.45, 7) is 6.06. The second-order valence-corrected chi connectivity index (χ2v) is 8.79. The highest BCUT2D eigenvalue weighted by Gasteiger charge is 2.26. The topological polar surface area (TPSA) is 87.9 Å². The van der Waals surface area contributed by atoms with E-state index in [0.29, 0.717) is 35.9 Å². The molecular weight excluding hydrogens is 390 g/mol. The summed E-state index contributed by atoms with van der Waals surface area (Å²) < 4.78 is 29.5. The first-order chi connectivity index (χ1) is 14.2. The van der Waals surface area contributed by atoms with Gasteiger partial charge in [-0.3, -0.25) is 4.57 Å². The van der Waals surface area contributed by atoms with E-state index in [2.05, 4.69) is 25.6 Å². The fourth-order valence-electron chi connectivity index (χ4n) is 3.75. The van der Waals surface area contributed by atoms with Crippen LogP contribution < -0.4 is 10.6 Å². The number of benzene rings is 1. The van der Waals surface area contributed by atoms with Gasteiger partial charge in [-0.2, -0.15) is 4.98 Å². The van der Waals surface area contributed by atoms with Crippen molar-refractivity contribution in [2.45, 2.75) is 64.1 Å². The van der Waals surface area contributed by atoms with Gasteiger partial charge < -0.3 is 15.7 Å². The van der Waals surface area contributed by atoms with E-state index in [1.54, 1.807) is 6.20 Å². The molecule has 2 heterocycles. The average molecular weight is 416 g/mol. The molecule has 4 rings (SSSR count). The van der Waals surface area contributed by atoms with Crippen molar-refractivity contribution in [3.63, 3.8) is 0 Å². The molecule has 0 amide bonds. The number of aromatic nitrogens is 4. The van der Waals surface area contributed by atoms with Crippen LogP contribution in [0.3, 0.4) is 0 Å². The van der Waals surface area contributed by atoms with Gasteiger partial charge in [0.2, 0.25) is 11.9 Å². The lowest BCUT2D eigenvalue weighted by molar-refractivity contribution is 0.112. The van der Waals surface area contributed by atoms with E-state index in [1.165, 1.54) is 12.1 Å². The van der Waals surface area contributed by atoms with Gasteiger partial charge in [0.05, 0.1) is 18.0 Å². The summed E-state index contributed by atoms with van der Waals surface area (Å²) >= 11 is 0. The molecule has 0 bridgehead atoms. The van der Waals surface area contributed by atoms with Gasteiger partial charge in [-0.15, -0.1) is 0 Å². The normalized spacial score (nSPS) is 19.8. The molecule has 30 heavy (non-hydrogen) atoms. The number of rotatable bonds is 4. The molecule has 9 heteroatoms. The van der Waals surface area contributed by atoms with Crippen molar-refractivity contribution in [3.8, 4) is 0 Å². The van der Waals surface area contributed by atoms with Gasteiger partial charge >= 0.3 is 0 Å². The molecule has 3 N–H and O–H groups in total. The molecule has 1 aliphatic rings. The highest BCUT2D eigenvalue weighted by Crippen LogP contribution is 2.35. The van der Waals surface area contributed by atoms with Gasteiger partial charge in [0.15, 0.2) is 5.65 Å². The number of halogens is 2. The summed E-state index contributed by atoms with van der Waals surface area (Å²) in [5.74, 6) is -0.448. The Morgan fingerprint density at radius 1 is 1.10 bits per heavy atom. The second kappa shape index (κ2) is 7.79. The SMILES string of the molecule is CC(C)(C)Nc1ncc2nc(Nc3ccc(F)cc3F)n(C3CCC(O)CC3)c2n1. The molecule has 1 aliphatic carbocycles.